The molecule has 6 heteroatoms. The molecule has 5 nitrogen and oxygen atoms in total. The number of aliphatic carboxylic acids is 1. The summed E-state index contributed by atoms with van der Waals surface area (Å²) in [6.07, 6.45) is 1.33. The number of carbonyl (C=O) groups is 2. The van der Waals surface area contributed by atoms with Crippen LogP contribution >= 0.6 is 11.3 Å². The maximum Gasteiger partial charge on any atom is 0.309 e. The maximum atomic E-state index is 11.4. The zero-order chi connectivity index (χ0) is 10.8. The summed E-state index contributed by atoms with van der Waals surface area (Å²) < 4.78 is 0. The van der Waals surface area contributed by atoms with Crippen molar-refractivity contribution in [3.8, 4) is 0 Å². The molecule has 1 amide bonds. The molecule has 1 saturated heterocycles. The van der Waals surface area contributed by atoms with Gasteiger partial charge < -0.3 is 5.11 Å². The molecule has 1 aromatic rings. The lowest BCUT2D eigenvalue weighted by Crippen LogP contribution is -2.23. The van der Waals surface area contributed by atoms with Crippen LogP contribution in [0.15, 0.2) is 5.38 Å². The van der Waals surface area contributed by atoms with Gasteiger partial charge in [-0.1, -0.05) is 0 Å². The Balaban J connectivity index is 2.12. The van der Waals surface area contributed by atoms with Gasteiger partial charge in [0.05, 0.1) is 12.1 Å². The van der Waals surface area contributed by atoms with E-state index in [1.807, 2.05) is 0 Å². The van der Waals surface area contributed by atoms with Crippen molar-refractivity contribution < 1.29 is 14.7 Å². The first-order chi connectivity index (χ1) is 7.16. The van der Waals surface area contributed by atoms with Crippen molar-refractivity contribution in [1.29, 1.82) is 0 Å². The molecule has 1 fully saturated rings. The second-order valence-electron chi connectivity index (χ2n) is 3.34. The Morgan fingerprint density at radius 3 is 3.07 bits per heavy atom. The molecule has 0 aliphatic carbocycles. The molecule has 1 aliphatic heterocycles. The predicted molar refractivity (Wildman–Crippen MR) is 55.0 cm³/mol. The fourth-order valence-corrected chi connectivity index (χ4v) is 2.37. The molecule has 1 aromatic heterocycles. The third-order valence-electron chi connectivity index (χ3n) is 2.18. The monoisotopic (exact) mass is 226 g/mol. The van der Waals surface area contributed by atoms with Gasteiger partial charge in [-0.15, -0.1) is 11.3 Å². The van der Waals surface area contributed by atoms with E-state index < -0.39 is 5.97 Å². The lowest BCUT2D eigenvalue weighted by atomic mass is 10.3. The number of aromatic nitrogens is 1. The fraction of sp³-hybridized carbons (Fsp3) is 0.444. The summed E-state index contributed by atoms with van der Waals surface area (Å²) in [5, 5.41) is 10.9. The van der Waals surface area contributed by atoms with Crippen LogP contribution in [-0.2, 0) is 16.0 Å². The number of hydrogen-bond donors (Lipinski definition) is 1. The van der Waals surface area contributed by atoms with Crippen LogP contribution in [0.1, 0.15) is 18.5 Å². The van der Waals surface area contributed by atoms with Crippen LogP contribution in [0.4, 0.5) is 5.13 Å². The second-order valence-corrected chi connectivity index (χ2v) is 4.18. The van der Waals surface area contributed by atoms with Gasteiger partial charge in [0, 0.05) is 18.3 Å². The van der Waals surface area contributed by atoms with E-state index in [-0.39, 0.29) is 12.3 Å². The normalized spacial score (nSPS) is 16.0. The highest BCUT2D eigenvalue weighted by molar-refractivity contribution is 7.14. The van der Waals surface area contributed by atoms with Gasteiger partial charge in [0.15, 0.2) is 5.13 Å². The Bertz CT molecular complexity index is 402. The molecular weight excluding hydrogens is 216 g/mol. The second kappa shape index (κ2) is 3.98. The van der Waals surface area contributed by atoms with E-state index in [2.05, 4.69) is 4.98 Å². The van der Waals surface area contributed by atoms with E-state index in [1.54, 1.807) is 10.3 Å². The third kappa shape index (κ3) is 2.15. The van der Waals surface area contributed by atoms with E-state index in [1.165, 1.54) is 11.3 Å². The zero-order valence-corrected chi connectivity index (χ0v) is 8.79. The van der Waals surface area contributed by atoms with Gasteiger partial charge in [0.25, 0.3) is 0 Å². The van der Waals surface area contributed by atoms with Gasteiger partial charge >= 0.3 is 5.97 Å². The van der Waals surface area contributed by atoms with Gasteiger partial charge in [0.1, 0.15) is 0 Å². The molecule has 0 bridgehead atoms. The lowest BCUT2D eigenvalue weighted by molar-refractivity contribution is -0.136. The zero-order valence-electron chi connectivity index (χ0n) is 7.97. The van der Waals surface area contributed by atoms with Crippen molar-refractivity contribution in [2.45, 2.75) is 19.3 Å². The van der Waals surface area contributed by atoms with E-state index >= 15 is 0 Å². The number of thiazole rings is 1. The largest absolute Gasteiger partial charge is 0.481 e. The molecule has 0 radical (unpaired) electrons. The predicted octanol–water partition coefficient (Wildman–Crippen LogP) is 0.897. The average Bonchev–Trinajstić information content (AvgIpc) is 2.72. The van der Waals surface area contributed by atoms with Gasteiger partial charge in [-0.05, 0) is 6.42 Å². The molecule has 0 atom stereocenters. The van der Waals surface area contributed by atoms with Crippen LogP contribution in [0.2, 0.25) is 0 Å². The minimum atomic E-state index is -0.903. The molecule has 1 N–H and O–H groups in total. The van der Waals surface area contributed by atoms with Crippen LogP contribution in [0.5, 0.6) is 0 Å². The Labute approximate surface area is 90.4 Å². The quantitative estimate of drug-likeness (QED) is 0.831. The number of carboxylic acid groups (broad SMARTS) is 1. The lowest BCUT2D eigenvalue weighted by Gasteiger charge is -2.10. The van der Waals surface area contributed by atoms with Crippen molar-refractivity contribution in [3.63, 3.8) is 0 Å². The van der Waals surface area contributed by atoms with E-state index in [9.17, 15) is 9.59 Å². The van der Waals surface area contributed by atoms with Crippen LogP contribution in [-0.4, -0.2) is 28.5 Å². The topological polar surface area (TPSA) is 70.5 Å². The van der Waals surface area contributed by atoms with Crippen molar-refractivity contribution in [2.75, 3.05) is 11.4 Å². The van der Waals surface area contributed by atoms with Crippen molar-refractivity contribution in [2.24, 2.45) is 0 Å². The van der Waals surface area contributed by atoms with Gasteiger partial charge in [-0.3, -0.25) is 14.5 Å². The fourth-order valence-electron chi connectivity index (χ4n) is 1.51. The Morgan fingerprint density at radius 2 is 2.47 bits per heavy atom. The van der Waals surface area contributed by atoms with Gasteiger partial charge in [0.2, 0.25) is 5.91 Å². The standard InChI is InChI=1S/C9H10N2O3S/c12-7-2-1-3-11(7)9-10-6(5-15-9)4-8(13)14/h5H,1-4H2,(H,13,14). The van der Waals surface area contributed by atoms with E-state index in [0.717, 1.165) is 6.42 Å². The molecule has 0 spiro atoms. The average molecular weight is 226 g/mol. The summed E-state index contributed by atoms with van der Waals surface area (Å²) in [7, 11) is 0. The Kier molecular flexibility index (Phi) is 2.68. The first-order valence-corrected chi connectivity index (χ1v) is 5.51. The summed E-state index contributed by atoms with van der Waals surface area (Å²) in [4.78, 5) is 27.6. The molecule has 15 heavy (non-hydrogen) atoms. The van der Waals surface area contributed by atoms with Crippen LogP contribution in [0, 0.1) is 0 Å². The van der Waals surface area contributed by atoms with Crippen LogP contribution in [0.3, 0.4) is 0 Å². The number of anilines is 1. The number of carboxylic acids is 1. The number of amides is 1. The molecule has 1 aliphatic rings. The first-order valence-electron chi connectivity index (χ1n) is 4.63. The smallest absolute Gasteiger partial charge is 0.309 e. The molecule has 2 rings (SSSR count). The summed E-state index contributed by atoms with van der Waals surface area (Å²) >= 11 is 1.32. The number of carbonyl (C=O) groups excluding carboxylic acids is 1. The van der Waals surface area contributed by atoms with Gasteiger partial charge in [-0.25, -0.2) is 4.98 Å². The number of hydrogen-bond acceptors (Lipinski definition) is 4. The highest BCUT2D eigenvalue weighted by Gasteiger charge is 2.24. The maximum absolute atomic E-state index is 11.4. The number of nitrogens with zero attached hydrogens (tertiary/aromatic N) is 2. The SMILES string of the molecule is O=C(O)Cc1csc(N2CCCC2=O)n1. The highest BCUT2D eigenvalue weighted by Crippen LogP contribution is 2.25. The van der Waals surface area contributed by atoms with Crippen LogP contribution < -0.4 is 4.90 Å². The van der Waals surface area contributed by atoms with E-state index in [4.69, 9.17) is 5.11 Å². The molecule has 0 aromatic carbocycles. The first kappa shape index (κ1) is 10.1. The summed E-state index contributed by atoms with van der Waals surface area (Å²) in [5.41, 5.74) is 0.516. The van der Waals surface area contributed by atoms with Crippen molar-refractivity contribution in [1.82, 2.24) is 4.98 Å². The minimum absolute atomic E-state index is 0.0752. The van der Waals surface area contributed by atoms with Crippen molar-refractivity contribution >= 4 is 28.3 Å². The summed E-state index contributed by atoms with van der Waals surface area (Å²) in [6.45, 7) is 0.693. The number of rotatable bonds is 3. The molecule has 2 heterocycles. The summed E-state index contributed by atoms with van der Waals surface area (Å²) in [5.74, 6) is -0.828. The Hall–Kier alpha value is -1.43. The Morgan fingerprint density at radius 1 is 1.67 bits per heavy atom. The van der Waals surface area contributed by atoms with Crippen molar-refractivity contribution in [3.05, 3.63) is 11.1 Å². The molecular formula is C9H10N2O3S. The van der Waals surface area contributed by atoms with Crippen LogP contribution in [0.25, 0.3) is 0 Å². The molecule has 0 unspecified atom stereocenters. The minimum Gasteiger partial charge on any atom is -0.481 e. The summed E-state index contributed by atoms with van der Waals surface area (Å²) in [6, 6.07) is 0. The third-order valence-corrected chi connectivity index (χ3v) is 3.09. The van der Waals surface area contributed by atoms with E-state index in [0.29, 0.717) is 23.8 Å². The molecule has 80 valence electrons. The molecule has 0 saturated carbocycles. The van der Waals surface area contributed by atoms with Gasteiger partial charge in [-0.2, -0.15) is 0 Å². The highest BCUT2D eigenvalue weighted by atomic mass is 32.1.